The summed E-state index contributed by atoms with van der Waals surface area (Å²) in [6.45, 7) is 1.68. The van der Waals surface area contributed by atoms with Gasteiger partial charge in [-0.2, -0.15) is 0 Å². The molecule has 0 bridgehead atoms. The molecule has 46 valence electrons. The zero-order valence-corrected chi connectivity index (χ0v) is 5.85. The Hall–Kier alpha value is -0.250. The van der Waals surface area contributed by atoms with Gasteiger partial charge in [0.25, 0.3) is 0 Å². The Kier molecular flexibility index (Phi) is 1.73. The summed E-state index contributed by atoms with van der Waals surface area (Å²) in [5, 5.41) is 0. The molecule has 1 aliphatic rings. The first-order valence-electron chi connectivity index (χ1n) is 2.42. The van der Waals surface area contributed by atoms with Gasteiger partial charge in [0, 0.05) is 13.1 Å². The van der Waals surface area contributed by atoms with Crippen LogP contribution in [0.1, 0.15) is 6.42 Å². The van der Waals surface area contributed by atoms with Crippen LogP contribution in [0.2, 0.25) is 0 Å². The fourth-order valence-electron chi connectivity index (χ4n) is 0.548. The topological polar surface area (TPSA) is 29.5 Å². The third kappa shape index (κ3) is 0.940. The second-order valence-corrected chi connectivity index (χ2v) is 2.01. The lowest BCUT2D eigenvalue weighted by atomic mass is 10.2. The van der Waals surface area contributed by atoms with Crippen LogP contribution in [-0.2, 0) is 3.83 Å². The Bertz CT molecular complexity index is 102. The van der Waals surface area contributed by atoms with Crippen LogP contribution < -0.4 is 0 Å². The highest BCUT2D eigenvalue weighted by atomic mass is 79.9. The maximum Gasteiger partial charge on any atom is 0.421 e. The van der Waals surface area contributed by atoms with E-state index in [0.717, 1.165) is 19.5 Å². The van der Waals surface area contributed by atoms with Gasteiger partial charge in [0.1, 0.15) is 0 Å². The summed E-state index contributed by atoms with van der Waals surface area (Å²) in [6, 6.07) is 0. The first-order chi connectivity index (χ1) is 3.84. The fourth-order valence-corrected chi connectivity index (χ4v) is 0.752. The van der Waals surface area contributed by atoms with Crippen molar-refractivity contribution in [3.05, 3.63) is 0 Å². The summed E-state index contributed by atoms with van der Waals surface area (Å²) in [5.41, 5.74) is 0. The molecule has 0 unspecified atom stereocenters. The van der Waals surface area contributed by atoms with E-state index in [9.17, 15) is 4.79 Å². The number of hydrogen-bond donors (Lipinski definition) is 0. The minimum Gasteiger partial charge on any atom is -0.367 e. The molecule has 0 aromatic rings. The van der Waals surface area contributed by atoms with E-state index >= 15 is 0 Å². The van der Waals surface area contributed by atoms with E-state index in [2.05, 4.69) is 20.1 Å². The van der Waals surface area contributed by atoms with Crippen LogP contribution in [0.5, 0.6) is 0 Å². The maximum atomic E-state index is 10.5. The Morgan fingerprint density at radius 2 is 2.25 bits per heavy atom. The van der Waals surface area contributed by atoms with E-state index in [0.29, 0.717) is 0 Å². The second kappa shape index (κ2) is 2.35. The molecule has 0 radical (unpaired) electrons. The molecule has 8 heavy (non-hydrogen) atoms. The number of nitrogens with zero attached hydrogens (tertiary/aromatic N) is 1. The van der Waals surface area contributed by atoms with Gasteiger partial charge in [-0.05, 0) is 6.42 Å². The van der Waals surface area contributed by atoms with Crippen LogP contribution in [-0.4, -0.2) is 24.1 Å². The molecule has 0 spiro atoms. The Balaban J connectivity index is 2.24. The molecule has 0 aliphatic carbocycles. The molecule has 1 fully saturated rings. The highest BCUT2D eigenvalue weighted by Crippen LogP contribution is 2.08. The standard InChI is InChI=1S/C4H6BrNO2/c5-8-4(7)6-2-1-3-6/h1-3H2. The Morgan fingerprint density at radius 3 is 2.38 bits per heavy atom. The van der Waals surface area contributed by atoms with E-state index in [1.54, 1.807) is 4.90 Å². The molecule has 3 nitrogen and oxygen atoms in total. The number of hydrogen-bond acceptors (Lipinski definition) is 2. The van der Waals surface area contributed by atoms with Crippen LogP contribution in [0.4, 0.5) is 4.79 Å². The van der Waals surface area contributed by atoms with Crippen LogP contribution in [0, 0.1) is 0 Å². The second-order valence-electron chi connectivity index (χ2n) is 1.68. The van der Waals surface area contributed by atoms with Gasteiger partial charge in [-0.15, -0.1) is 0 Å². The quantitative estimate of drug-likeness (QED) is 0.559. The zero-order valence-electron chi connectivity index (χ0n) is 4.26. The van der Waals surface area contributed by atoms with Crippen molar-refractivity contribution in [1.82, 2.24) is 4.90 Å². The average Bonchev–Trinajstić information content (AvgIpc) is 1.62. The highest BCUT2D eigenvalue weighted by molar-refractivity contribution is 9.06. The van der Waals surface area contributed by atoms with Crippen molar-refractivity contribution in [1.29, 1.82) is 0 Å². The number of halogens is 1. The van der Waals surface area contributed by atoms with Crippen LogP contribution in [0.25, 0.3) is 0 Å². The summed E-state index contributed by atoms with van der Waals surface area (Å²) in [6.07, 6.45) is 0.818. The number of carbonyl (C=O) groups excluding carboxylic acids is 1. The first-order valence-corrected chi connectivity index (χ1v) is 3.07. The maximum absolute atomic E-state index is 10.5. The Morgan fingerprint density at radius 1 is 1.62 bits per heavy atom. The predicted octanol–water partition coefficient (Wildman–Crippen LogP) is 1.14. The molecule has 0 aromatic carbocycles. The van der Waals surface area contributed by atoms with Gasteiger partial charge in [0.15, 0.2) is 16.3 Å². The van der Waals surface area contributed by atoms with E-state index in [1.165, 1.54) is 0 Å². The lowest BCUT2D eigenvalue weighted by molar-refractivity contribution is 0.134. The summed E-state index contributed by atoms with van der Waals surface area (Å²) < 4.78 is 4.25. The molecule has 1 rings (SSSR count). The van der Waals surface area contributed by atoms with Crippen LogP contribution in [0.3, 0.4) is 0 Å². The fraction of sp³-hybridized carbons (Fsp3) is 0.750. The third-order valence-electron chi connectivity index (χ3n) is 1.18. The van der Waals surface area contributed by atoms with E-state index in [4.69, 9.17) is 0 Å². The van der Waals surface area contributed by atoms with Gasteiger partial charge < -0.3 is 8.73 Å². The van der Waals surface area contributed by atoms with Crippen molar-refractivity contribution in [2.45, 2.75) is 6.42 Å². The third-order valence-corrected chi connectivity index (χ3v) is 1.46. The van der Waals surface area contributed by atoms with Gasteiger partial charge in [0.2, 0.25) is 0 Å². The average molecular weight is 180 g/mol. The smallest absolute Gasteiger partial charge is 0.367 e. The number of amides is 1. The first kappa shape index (κ1) is 5.88. The van der Waals surface area contributed by atoms with E-state index in [-0.39, 0.29) is 6.09 Å². The lowest BCUT2D eigenvalue weighted by Crippen LogP contribution is -2.41. The van der Waals surface area contributed by atoms with Crippen molar-refractivity contribution < 1.29 is 8.62 Å². The predicted molar refractivity (Wildman–Crippen MR) is 31.6 cm³/mol. The van der Waals surface area contributed by atoms with Crippen molar-refractivity contribution in [3.63, 3.8) is 0 Å². The monoisotopic (exact) mass is 179 g/mol. The number of likely N-dealkylation sites (tertiary alicyclic amines) is 1. The minimum atomic E-state index is -0.281. The Labute approximate surface area is 56.1 Å². The number of carbonyl (C=O) groups is 1. The molecule has 4 heteroatoms. The van der Waals surface area contributed by atoms with Gasteiger partial charge in [-0.25, -0.2) is 4.79 Å². The van der Waals surface area contributed by atoms with Crippen molar-refractivity contribution in [2.75, 3.05) is 13.1 Å². The minimum absolute atomic E-state index is 0.281. The number of rotatable bonds is 0. The zero-order chi connectivity index (χ0) is 5.98. The molecular formula is C4H6BrNO2. The molecule has 0 atom stereocenters. The normalized spacial score (nSPS) is 17.4. The highest BCUT2D eigenvalue weighted by Gasteiger charge is 2.20. The van der Waals surface area contributed by atoms with Gasteiger partial charge in [0.05, 0.1) is 0 Å². The largest absolute Gasteiger partial charge is 0.421 e. The van der Waals surface area contributed by atoms with E-state index in [1.807, 2.05) is 0 Å². The van der Waals surface area contributed by atoms with Crippen molar-refractivity contribution >= 4 is 22.4 Å². The molecule has 0 saturated carbocycles. The molecular weight excluding hydrogens is 174 g/mol. The lowest BCUT2D eigenvalue weighted by Gasteiger charge is -2.28. The van der Waals surface area contributed by atoms with Crippen molar-refractivity contribution in [2.24, 2.45) is 0 Å². The van der Waals surface area contributed by atoms with Crippen LogP contribution in [0.15, 0.2) is 0 Å². The summed E-state index contributed by atoms with van der Waals surface area (Å²) in [5.74, 6) is 0. The molecule has 1 saturated heterocycles. The van der Waals surface area contributed by atoms with Gasteiger partial charge in [-0.3, -0.25) is 0 Å². The van der Waals surface area contributed by atoms with E-state index < -0.39 is 0 Å². The molecule has 0 aromatic heterocycles. The SMILES string of the molecule is O=C(OBr)N1CCC1. The van der Waals surface area contributed by atoms with Gasteiger partial charge >= 0.3 is 6.09 Å². The summed E-state index contributed by atoms with van der Waals surface area (Å²) in [7, 11) is 0. The summed E-state index contributed by atoms with van der Waals surface area (Å²) in [4.78, 5) is 12.1. The van der Waals surface area contributed by atoms with Crippen LogP contribution >= 0.6 is 16.3 Å². The van der Waals surface area contributed by atoms with Crippen molar-refractivity contribution in [3.8, 4) is 0 Å². The molecule has 0 N–H and O–H groups in total. The molecule has 1 aliphatic heterocycles. The molecule has 1 heterocycles. The molecule has 1 amide bonds. The van der Waals surface area contributed by atoms with Gasteiger partial charge in [-0.1, -0.05) is 0 Å². The summed E-state index contributed by atoms with van der Waals surface area (Å²) >= 11 is 2.60.